The molecule has 1 aromatic carbocycles. The van der Waals surface area contributed by atoms with Crippen molar-refractivity contribution in [1.29, 1.82) is 0 Å². The van der Waals surface area contributed by atoms with Crippen LogP contribution in [0.15, 0.2) is 24.3 Å². The minimum Gasteiger partial charge on any atom is -0.481 e. The fourth-order valence-corrected chi connectivity index (χ4v) is 2.53. The summed E-state index contributed by atoms with van der Waals surface area (Å²) >= 11 is 0. The summed E-state index contributed by atoms with van der Waals surface area (Å²) in [5.74, 6) is -1.23. The Morgan fingerprint density at radius 2 is 2.05 bits per heavy atom. The van der Waals surface area contributed by atoms with Crippen LogP contribution in [0.1, 0.15) is 29.6 Å². The molecule has 108 valence electrons. The van der Waals surface area contributed by atoms with E-state index in [1.54, 1.807) is 6.07 Å². The number of nitrogens with zero attached hydrogens (tertiary/aromatic N) is 1. The van der Waals surface area contributed by atoms with Crippen LogP contribution in [0.3, 0.4) is 0 Å². The molecule has 2 N–H and O–H groups in total. The van der Waals surface area contributed by atoms with Crippen LogP contribution in [0.5, 0.6) is 0 Å². The second kappa shape index (κ2) is 5.94. The van der Waals surface area contributed by atoms with Crippen molar-refractivity contribution in [1.82, 2.24) is 5.32 Å². The summed E-state index contributed by atoms with van der Waals surface area (Å²) in [6.45, 7) is 0. The molecule has 5 nitrogen and oxygen atoms in total. The number of amides is 1. The number of carbonyl (C=O) groups excluding carboxylic acids is 1. The van der Waals surface area contributed by atoms with Crippen LogP contribution in [0, 0.1) is 5.92 Å². The molecule has 0 saturated heterocycles. The second-order valence-electron chi connectivity index (χ2n) is 5.46. The summed E-state index contributed by atoms with van der Waals surface area (Å²) in [4.78, 5) is 25.0. The van der Waals surface area contributed by atoms with Gasteiger partial charge in [0.25, 0.3) is 5.91 Å². The number of benzene rings is 1. The van der Waals surface area contributed by atoms with E-state index in [-0.39, 0.29) is 17.9 Å². The maximum atomic E-state index is 12.2. The van der Waals surface area contributed by atoms with Crippen molar-refractivity contribution < 1.29 is 14.7 Å². The summed E-state index contributed by atoms with van der Waals surface area (Å²) < 4.78 is 0. The molecule has 0 radical (unpaired) electrons. The zero-order valence-corrected chi connectivity index (χ0v) is 11.8. The third kappa shape index (κ3) is 3.29. The van der Waals surface area contributed by atoms with Crippen LogP contribution in [0.4, 0.5) is 5.69 Å². The highest BCUT2D eigenvalue weighted by Gasteiger charge is 2.30. The molecule has 0 unspecified atom stereocenters. The van der Waals surface area contributed by atoms with Gasteiger partial charge in [0.05, 0.1) is 5.92 Å². The molecule has 5 heteroatoms. The number of anilines is 1. The van der Waals surface area contributed by atoms with Gasteiger partial charge in [-0.15, -0.1) is 0 Å². The van der Waals surface area contributed by atoms with Gasteiger partial charge in [-0.2, -0.15) is 0 Å². The average molecular weight is 276 g/mol. The number of carboxylic acids is 1. The molecule has 2 atom stereocenters. The van der Waals surface area contributed by atoms with Gasteiger partial charge in [-0.05, 0) is 37.5 Å². The third-order valence-electron chi connectivity index (χ3n) is 3.74. The van der Waals surface area contributed by atoms with Crippen molar-refractivity contribution in [2.24, 2.45) is 5.92 Å². The van der Waals surface area contributed by atoms with Crippen molar-refractivity contribution in [2.45, 2.75) is 25.3 Å². The minimum absolute atomic E-state index is 0.0355. The molecular formula is C15H20N2O3. The van der Waals surface area contributed by atoms with Crippen molar-refractivity contribution in [3.05, 3.63) is 29.8 Å². The summed E-state index contributed by atoms with van der Waals surface area (Å²) in [5.41, 5.74) is 1.57. The quantitative estimate of drug-likeness (QED) is 0.878. The lowest BCUT2D eigenvalue weighted by Crippen LogP contribution is -2.33. The van der Waals surface area contributed by atoms with Gasteiger partial charge in [-0.1, -0.05) is 6.07 Å². The van der Waals surface area contributed by atoms with E-state index in [9.17, 15) is 9.59 Å². The lowest BCUT2D eigenvalue weighted by molar-refractivity contribution is -0.141. The Balaban J connectivity index is 1.99. The molecule has 0 spiro atoms. The first-order valence-corrected chi connectivity index (χ1v) is 6.78. The van der Waals surface area contributed by atoms with Crippen molar-refractivity contribution in [3.63, 3.8) is 0 Å². The van der Waals surface area contributed by atoms with E-state index < -0.39 is 5.97 Å². The molecule has 1 aliphatic rings. The zero-order valence-electron chi connectivity index (χ0n) is 11.8. The Morgan fingerprint density at radius 1 is 1.30 bits per heavy atom. The summed E-state index contributed by atoms with van der Waals surface area (Å²) in [6, 6.07) is 7.35. The lowest BCUT2D eigenvalue weighted by Gasteiger charge is -2.15. The highest BCUT2D eigenvalue weighted by Crippen LogP contribution is 2.26. The van der Waals surface area contributed by atoms with Crippen LogP contribution >= 0.6 is 0 Å². The number of hydrogen-bond donors (Lipinski definition) is 2. The summed E-state index contributed by atoms with van der Waals surface area (Å²) in [6.07, 6.45) is 1.89. The van der Waals surface area contributed by atoms with Gasteiger partial charge in [0.15, 0.2) is 0 Å². The number of carbonyl (C=O) groups is 2. The normalized spacial score (nSPS) is 21.5. The first-order valence-electron chi connectivity index (χ1n) is 6.78. The fraction of sp³-hybridized carbons (Fsp3) is 0.467. The summed E-state index contributed by atoms with van der Waals surface area (Å²) in [5, 5.41) is 11.9. The minimum atomic E-state index is -0.767. The Hall–Kier alpha value is -2.04. The van der Waals surface area contributed by atoms with Gasteiger partial charge in [0, 0.05) is 31.4 Å². The van der Waals surface area contributed by atoms with E-state index in [1.807, 2.05) is 37.2 Å². The van der Waals surface area contributed by atoms with Gasteiger partial charge in [-0.3, -0.25) is 9.59 Å². The molecule has 1 amide bonds. The molecule has 0 heterocycles. The molecular weight excluding hydrogens is 256 g/mol. The highest BCUT2D eigenvalue weighted by molar-refractivity contribution is 5.95. The fourth-order valence-electron chi connectivity index (χ4n) is 2.53. The molecule has 1 fully saturated rings. The van der Waals surface area contributed by atoms with Gasteiger partial charge >= 0.3 is 5.97 Å². The third-order valence-corrected chi connectivity index (χ3v) is 3.74. The summed E-state index contributed by atoms with van der Waals surface area (Å²) in [7, 11) is 3.84. The lowest BCUT2D eigenvalue weighted by atomic mass is 10.1. The van der Waals surface area contributed by atoms with E-state index in [0.29, 0.717) is 18.4 Å². The van der Waals surface area contributed by atoms with Crippen molar-refractivity contribution in [2.75, 3.05) is 19.0 Å². The highest BCUT2D eigenvalue weighted by atomic mass is 16.4. The largest absolute Gasteiger partial charge is 0.481 e. The first kappa shape index (κ1) is 14.4. The maximum absolute atomic E-state index is 12.2. The molecule has 20 heavy (non-hydrogen) atoms. The van der Waals surface area contributed by atoms with Crippen LogP contribution in [-0.2, 0) is 4.79 Å². The molecule has 0 aromatic heterocycles. The van der Waals surface area contributed by atoms with E-state index in [2.05, 4.69) is 5.32 Å². The van der Waals surface area contributed by atoms with E-state index in [4.69, 9.17) is 5.11 Å². The molecule has 0 aliphatic heterocycles. The number of nitrogens with one attached hydrogen (secondary N) is 1. The van der Waals surface area contributed by atoms with Crippen LogP contribution in [0.25, 0.3) is 0 Å². The molecule has 1 saturated carbocycles. The molecule has 1 aromatic rings. The van der Waals surface area contributed by atoms with Crippen LogP contribution < -0.4 is 10.2 Å². The van der Waals surface area contributed by atoms with Crippen molar-refractivity contribution in [3.8, 4) is 0 Å². The predicted octanol–water partition coefficient (Wildman–Crippen LogP) is 1.74. The monoisotopic (exact) mass is 276 g/mol. The SMILES string of the molecule is CN(C)c1cccc(C(=O)N[C@H]2CC[C@@H](C(=O)O)C2)c1. The van der Waals surface area contributed by atoms with Gasteiger partial charge in [0.2, 0.25) is 0 Å². The number of rotatable bonds is 4. The predicted molar refractivity (Wildman–Crippen MR) is 77.0 cm³/mol. The Morgan fingerprint density at radius 3 is 2.65 bits per heavy atom. The standard InChI is InChI=1S/C15H20N2O3/c1-17(2)13-5-3-4-10(9-13)14(18)16-12-7-6-11(8-12)15(19)20/h3-5,9,11-12H,6-8H2,1-2H3,(H,16,18)(H,19,20)/t11-,12+/m1/s1. The first-order chi connectivity index (χ1) is 9.47. The van der Waals surface area contributed by atoms with E-state index in [1.165, 1.54) is 0 Å². The second-order valence-corrected chi connectivity index (χ2v) is 5.46. The molecule has 2 rings (SSSR count). The van der Waals surface area contributed by atoms with E-state index in [0.717, 1.165) is 12.1 Å². The Kier molecular flexibility index (Phi) is 4.27. The zero-order chi connectivity index (χ0) is 14.7. The number of aliphatic carboxylic acids is 1. The average Bonchev–Trinajstić information content (AvgIpc) is 2.87. The number of hydrogen-bond acceptors (Lipinski definition) is 3. The molecule has 0 bridgehead atoms. The topological polar surface area (TPSA) is 69.6 Å². The number of carboxylic acid groups (broad SMARTS) is 1. The van der Waals surface area contributed by atoms with Crippen LogP contribution in [-0.4, -0.2) is 37.1 Å². The maximum Gasteiger partial charge on any atom is 0.306 e. The van der Waals surface area contributed by atoms with Crippen LogP contribution in [0.2, 0.25) is 0 Å². The Bertz CT molecular complexity index is 514. The van der Waals surface area contributed by atoms with E-state index >= 15 is 0 Å². The van der Waals surface area contributed by atoms with Gasteiger partial charge in [0.1, 0.15) is 0 Å². The molecule has 1 aliphatic carbocycles. The Labute approximate surface area is 118 Å². The van der Waals surface area contributed by atoms with Gasteiger partial charge in [-0.25, -0.2) is 0 Å². The van der Waals surface area contributed by atoms with Gasteiger partial charge < -0.3 is 15.3 Å². The smallest absolute Gasteiger partial charge is 0.306 e. The van der Waals surface area contributed by atoms with Crippen molar-refractivity contribution >= 4 is 17.6 Å².